The number of nitrogens with zero attached hydrogens (tertiary/aromatic N) is 1. The second-order valence-electron chi connectivity index (χ2n) is 4.66. The second kappa shape index (κ2) is 6.71. The van der Waals surface area contributed by atoms with Gasteiger partial charge in [-0.25, -0.2) is 4.98 Å². The van der Waals surface area contributed by atoms with Gasteiger partial charge >= 0.3 is 0 Å². The lowest BCUT2D eigenvalue weighted by Crippen LogP contribution is -2.26. The Kier molecular flexibility index (Phi) is 4.96. The molecule has 1 aromatic rings. The molecule has 2 N–H and O–H groups in total. The Labute approximate surface area is 108 Å². The second-order valence-corrected chi connectivity index (χ2v) is 4.66. The molecular weight excluding hydrogens is 228 g/mol. The molecule has 0 radical (unpaired) electrons. The van der Waals surface area contributed by atoms with E-state index in [1.165, 1.54) is 6.42 Å². The fraction of sp³-hybridized carbons (Fsp3) is 0.643. The van der Waals surface area contributed by atoms with Crippen molar-refractivity contribution in [3.05, 3.63) is 23.4 Å². The fourth-order valence-electron chi connectivity index (χ4n) is 2.11. The zero-order valence-electron chi connectivity index (χ0n) is 11.0. The van der Waals surface area contributed by atoms with E-state index in [0.29, 0.717) is 19.0 Å². The molecule has 2 rings (SSSR count). The van der Waals surface area contributed by atoms with Gasteiger partial charge in [-0.05, 0) is 37.3 Å². The molecule has 0 saturated carbocycles. The lowest BCUT2D eigenvalue weighted by atomic mass is 10.1. The highest BCUT2D eigenvalue weighted by atomic mass is 16.5. The topological polar surface area (TPSA) is 57.4 Å². The van der Waals surface area contributed by atoms with E-state index >= 15 is 0 Å². The van der Waals surface area contributed by atoms with E-state index in [1.54, 1.807) is 0 Å². The first-order valence-electron chi connectivity index (χ1n) is 6.76. The third-order valence-electron chi connectivity index (χ3n) is 3.20. The van der Waals surface area contributed by atoms with Crippen LogP contribution in [0, 0.1) is 0 Å². The minimum absolute atomic E-state index is 0.215. The number of hydrogen-bond donors (Lipinski definition) is 1. The highest BCUT2D eigenvalue weighted by molar-refractivity contribution is 5.25. The van der Waals surface area contributed by atoms with Gasteiger partial charge in [0.05, 0.1) is 6.10 Å². The monoisotopic (exact) mass is 250 g/mol. The van der Waals surface area contributed by atoms with E-state index in [-0.39, 0.29) is 6.10 Å². The average molecular weight is 250 g/mol. The Balaban J connectivity index is 1.94. The van der Waals surface area contributed by atoms with Gasteiger partial charge < -0.3 is 15.2 Å². The molecule has 0 aromatic carbocycles. The molecule has 4 nitrogen and oxygen atoms in total. The van der Waals surface area contributed by atoms with Crippen LogP contribution in [0.2, 0.25) is 0 Å². The lowest BCUT2D eigenvalue weighted by molar-refractivity contribution is -0.0119. The van der Waals surface area contributed by atoms with E-state index < -0.39 is 0 Å². The third-order valence-corrected chi connectivity index (χ3v) is 3.20. The van der Waals surface area contributed by atoms with Crippen molar-refractivity contribution in [3.63, 3.8) is 0 Å². The largest absolute Gasteiger partial charge is 0.475 e. The van der Waals surface area contributed by atoms with Gasteiger partial charge in [0, 0.05) is 24.9 Å². The summed E-state index contributed by atoms with van der Waals surface area (Å²) in [4.78, 5) is 4.45. The number of rotatable bonds is 5. The maximum absolute atomic E-state index is 5.74. The van der Waals surface area contributed by atoms with Crippen LogP contribution in [0.1, 0.15) is 37.4 Å². The minimum atomic E-state index is 0.215. The van der Waals surface area contributed by atoms with Crippen LogP contribution >= 0.6 is 0 Å². The smallest absolute Gasteiger partial charge is 0.213 e. The molecule has 18 heavy (non-hydrogen) atoms. The molecule has 1 aliphatic rings. The summed E-state index contributed by atoms with van der Waals surface area (Å²) >= 11 is 0. The molecule has 1 fully saturated rings. The number of hydrogen-bond acceptors (Lipinski definition) is 4. The number of nitrogens with two attached hydrogens (primary N) is 1. The normalized spacial score (nSPS) is 19.8. The summed E-state index contributed by atoms with van der Waals surface area (Å²) in [5.41, 5.74) is 7.77. The molecule has 1 aliphatic heterocycles. The first-order valence-corrected chi connectivity index (χ1v) is 6.76. The lowest BCUT2D eigenvalue weighted by Gasteiger charge is -2.22. The highest BCUT2D eigenvalue weighted by Gasteiger charge is 2.14. The van der Waals surface area contributed by atoms with Crippen LogP contribution in [0.3, 0.4) is 0 Å². The van der Waals surface area contributed by atoms with E-state index in [4.69, 9.17) is 15.2 Å². The first kappa shape index (κ1) is 13.3. The van der Waals surface area contributed by atoms with Crippen molar-refractivity contribution in [1.29, 1.82) is 0 Å². The van der Waals surface area contributed by atoms with Crippen LogP contribution in [0.5, 0.6) is 5.88 Å². The molecule has 0 bridgehead atoms. The van der Waals surface area contributed by atoms with Crippen molar-refractivity contribution in [2.24, 2.45) is 5.73 Å². The number of aryl methyl sites for hydroxylation is 1. The Hall–Kier alpha value is -1.13. The third kappa shape index (κ3) is 3.68. The van der Waals surface area contributed by atoms with Gasteiger partial charge in [-0.15, -0.1) is 0 Å². The SMILES string of the molecule is CCc1cc(CN)cc(OCC2CCCCO2)n1. The molecule has 0 aliphatic carbocycles. The number of ether oxygens (including phenoxy) is 2. The molecule has 0 spiro atoms. The van der Waals surface area contributed by atoms with Crippen LogP contribution in [-0.2, 0) is 17.7 Å². The molecule has 100 valence electrons. The standard InChI is InChI=1S/C14H22N2O2/c1-2-12-7-11(9-15)8-14(16-12)18-10-13-5-3-4-6-17-13/h7-8,13H,2-6,9-10,15H2,1H3. The molecule has 0 amide bonds. The Morgan fingerprint density at radius 2 is 2.33 bits per heavy atom. The minimum Gasteiger partial charge on any atom is -0.475 e. The van der Waals surface area contributed by atoms with Crippen molar-refractivity contribution >= 4 is 0 Å². The molecule has 1 unspecified atom stereocenters. The molecule has 1 saturated heterocycles. The van der Waals surface area contributed by atoms with Crippen molar-refractivity contribution < 1.29 is 9.47 Å². The van der Waals surface area contributed by atoms with Crippen LogP contribution in [0.15, 0.2) is 12.1 Å². The number of aromatic nitrogens is 1. The highest BCUT2D eigenvalue weighted by Crippen LogP contribution is 2.16. The molecule has 1 aromatic heterocycles. The van der Waals surface area contributed by atoms with Gasteiger partial charge in [-0.1, -0.05) is 6.92 Å². The predicted molar refractivity (Wildman–Crippen MR) is 70.6 cm³/mol. The van der Waals surface area contributed by atoms with E-state index in [0.717, 1.165) is 37.1 Å². The van der Waals surface area contributed by atoms with Gasteiger partial charge in [0.2, 0.25) is 5.88 Å². The molecular formula is C14H22N2O2. The zero-order valence-corrected chi connectivity index (χ0v) is 11.0. The van der Waals surface area contributed by atoms with Crippen molar-refractivity contribution in [2.45, 2.75) is 45.3 Å². The van der Waals surface area contributed by atoms with Crippen LogP contribution in [0.4, 0.5) is 0 Å². The summed E-state index contributed by atoms with van der Waals surface area (Å²) in [6.45, 7) is 4.04. The van der Waals surface area contributed by atoms with Gasteiger partial charge in [0.1, 0.15) is 6.61 Å². The predicted octanol–water partition coefficient (Wildman–Crippen LogP) is 2.05. The summed E-state index contributed by atoms with van der Waals surface area (Å²) < 4.78 is 11.4. The fourth-order valence-corrected chi connectivity index (χ4v) is 2.11. The Morgan fingerprint density at radius 3 is 3.00 bits per heavy atom. The van der Waals surface area contributed by atoms with Crippen molar-refractivity contribution in [1.82, 2.24) is 4.98 Å². The van der Waals surface area contributed by atoms with Crippen LogP contribution in [-0.4, -0.2) is 24.3 Å². The van der Waals surface area contributed by atoms with Gasteiger partial charge in [-0.2, -0.15) is 0 Å². The maximum Gasteiger partial charge on any atom is 0.213 e. The molecule has 2 heterocycles. The summed E-state index contributed by atoms with van der Waals surface area (Å²) in [7, 11) is 0. The summed E-state index contributed by atoms with van der Waals surface area (Å²) in [5, 5.41) is 0. The van der Waals surface area contributed by atoms with Gasteiger partial charge in [0.15, 0.2) is 0 Å². The van der Waals surface area contributed by atoms with Crippen molar-refractivity contribution in [3.8, 4) is 5.88 Å². The summed E-state index contributed by atoms with van der Waals surface area (Å²) in [6, 6.07) is 3.95. The zero-order chi connectivity index (χ0) is 12.8. The molecule has 1 atom stereocenters. The van der Waals surface area contributed by atoms with E-state index in [9.17, 15) is 0 Å². The van der Waals surface area contributed by atoms with Gasteiger partial charge in [-0.3, -0.25) is 0 Å². The summed E-state index contributed by atoms with van der Waals surface area (Å²) in [5.74, 6) is 0.670. The quantitative estimate of drug-likeness (QED) is 0.869. The molecule has 4 heteroatoms. The average Bonchev–Trinajstić information content (AvgIpc) is 2.45. The van der Waals surface area contributed by atoms with Crippen LogP contribution in [0.25, 0.3) is 0 Å². The first-order chi connectivity index (χ1) is 8.81. The number of pyridine rings is 1. The van der Waals surface area contributed by atoms with Crippen molar-refractivity contribution in [2.75, 3.05) is 13.2 Å². The van der Waals surface area contributed by atoms with E-state index in [1.807, 2.05) is 12.1 Å². The summed E-state index contributed by atoms with van der Waals surface area (Å²) in [6.07, 6.45) is 4.58. The Morgan fingerprint density at radius 1 is 1.44 bits per heavy atom. The maximum atomic E-state index is 5.74. The van der Waals surface area contributed by atoms with E-state index in [2.05, 4.69) is 11.9 Å². The Bertz CT molecular complexity index is 354. The van der Waals surface area contributed by atoms with Gasteiger partial charge in [0.25, 0.3) is 0 Å². The van der Waals surface area contributed by atoms with Crippen LogP contribution < -0.4 is 10.5 Å².